The van der Waals surface area contributed by atoms with Crippen LogP contribution in [0.3, 0.4) is 0 Å². The van der Waals surface area contributed by atoms with Crippen molar-refractivity contribution in [2.45, 2.75) is 32.7 Å². The number of guanidine groups is 1. The number of ether oxygens (including phenoxy) is 2. The summed E-state index contributed by atoms with van der Waals surface area (Å²) in [7, 11) is -1.43. The van der Waals surface area contributed by atoms with E-state index in [4.69, 9.17) is 9.47 Å². The maximum Gasteiger partial charge on any atom is 0.222 e. The van der Waals surface area contributed by atoms with Crippen LogP contribution in [0.5, 0.6) is 11.5 Å². The fourth-order valence-electron chi connectivity index (χ4n) is 2.94. The summed E-state index contributed by atoms with van der Waals surface area (Å²) in [6.45, 7) is 5.30. The third kappa shape index (κ3) is 7.45. The molecule has 0 aromatic heterocycles. The van der Waals surface area contributed by atoms with Crippen molar-refractivity contribution in [1.82, 2.24) is 10.6 Å². The van der Waals surface area contributed by atoms with Crippen LogP contribution < -0.4 is 25.4 Å². The maximum absolute atomic E-state index is 12.0. The van der Waals surface area contributed by atoms with Gasteiger partial charge in [-0.15, -0.1) is 0 Å². The lowest BCUT2D eigenvalue weighted by atomic mass is 10.2. The number of nitrogens with zero attached hydrogens (tertiary/aromatic N) is 1. The number of amides is 1. The Morgan fingerprint density at radius 2 is 2.07 bits per heavy atom. The Labute approximate surface area is 172 Å². The minimum Gasteiger partial charge on any atom is -0.493 e. The quantitative estimate of drug-likeness (QED) is 0.401. The normalized spacial score (nSPS) is 18.2. The number of sulfone groups is 1. The van der Waals surface area contributed by atoms with Crippen LogP contribution in [-0.2, 0) is 14.6 Å². The standard InChI is InChI=1S/C19H30N4O5S/c1-4-20-19(23-14-6-7-16(27-3)17(12-14)28-5-2)21-10-8-18(24)22-15-9-11-29(25,26)13-15/h6-7,12,15H,4-5,8-11,13H2,1-3H3,(H,22,24)(H2,20,21,23). The molecule has 2 rings (SSSR count). The zero-order valence-electron chi connectivity index (χ0n) is 17.2. The van der Waals surface area contributed by atoms with E-state index in [1.807, 2.05) is 26.0 Å². The monoisotopic (exact) mass is 426 g/mol. The first kappa shape index (κ1) is 22.8. The average Bonchev–Trinajstić information content (AvgIpc) is 3.00. The molecule has 0 aliphatic carbocycles. The molecule has 1 atom stereocenters. The van der Waals surface area contributed by atoms with Crippen molar-refractivity contribution in [2.75, 3.05) is 43.6 Å². The molecule has 1 heterocycles. The first-order valence-electron chi connectivity index (χ1n) is 9.72. The van der Waals surface area contributed by atoms with Gasteiger partial charge in [0.2, 0.25) is 5.91 Å². The van der Waals surface area contributed by atoms with E-state index in [0.717, 1.165) is 5.69 Å². The molecule has 1 unspecified atom stereocenters. The first-order valence-corrected chi connectivity index (χ1v) is 11.5. The fraction of sp³-hybridized carbons (Fsp3) is 0.579. The van der Waals surface area contributed by atoms with Gasteiger partial charge in [0, 0.05) is 30.8 Å². The predicted molar refractivity (Wildman–Crippen MR) is 114 cm³/mol. The highest BCUT2D eigenvalue weighted by Crippen LogP contribution is 2.30. The van der Waals surface area contributed by atoms with Gasteiger partial charge in [0.15, 0.2) is 27.3 Å². The Balaban J connectivity index is 1.92. The van der Waals surface area contributed by atoms with Gasteiger partial charge in [-0.2, -0.15) is 0 Å². The van der Waals surface area contributed by atoms with Crippen LogP contribution in [0.25, 0.3) is 0 Å². The Morgan fingerprint density at radius 1 is 1.28 bits per heavy atom. The second-order valence-electron chi connectivity index (χ2n) is 6.60. The zero-order valence-corrected chi connectivity index (χ0v) is 18.0. The van der Waals surface area contributed by atoms with Crippen molar-refractivity contribution < 1.29 is 22.7 Å². The molecular weight excluding hydrogens is 396 g/mol. The van der Waals surface area contributed by atoms with Gasteiger partial charge in [0.05, 0.1) is 31.8 Å². The van der Waals surface area contributed by atoms with Crippen LogP contribution in [0.2, 0.25) is 0 Å². The molecule has 1 aromatic carbocycles. The van der Waals surface area contributed by atoms with E-state index in [-0.39, 0.29) is 36.4 Å². The second kappa shape index (κ2) is 10.9. The van der Waals surface area contributed by atoms with E-state index < -0.39 is 9.84 Å². The number of aliphatic imine (C=N–C) groups is 1. The van der Waals surface area contributed by atoms with E-state index in [1.54, 1.807) is 13.2 Å². The number of methoxy groups -OCH3 is 1. The van der Waals surface area contributed by atoms with Crippen LogP contribution in [0, 0.1) is 0 Å². The van der Waals surface area contributed by atoms with Crippen molar-refractivity contribution in [3.8, 4) is 11.5 Å². The SMILES string of the molecule is CCNC(=NCCC(=O)NC1CCS(=O)(=O)C1)Nc1ccc(OC)c(OCC)c1. The van der Waals surface area contributed by atoms with E-state index in [2.05, 4.69) is 20.9 Å². The summed E-state index contributed by atoms with van der Waals surface area (Å²) >= 11 is 0. The number of nitrogens with one attached hydrogen (secondary N) is 3. The summed E-state index contributed by atoms with van der Waals surface area (Å²) in [6.07, 6.45) is 0.654. The molecule has 1 amide bonds. The average molecular weight is 427 g/mol. The molecular formula is C19H30N4O5S. The number of carbonyl (C=O) groups is 1. The highest BCUT2D eigenvalue weighted by atomic mass is 32.2. The van der Waals surface area contributed by atoms with Crippen LogP contribution in [0.4, 0.5) is 5.69 Å². The van der Waals surface area contributed by atoms with Gasteiger partial charge in [0.1, 0.15) is 0 Å². The predicted octanol–water partition coefficient (Wildman–Crippen LogP) is 1.16. The van der Waals surface area contributed by atoms with Gasteiger partial charge < -0.3 is 25.4 Å². The molecule has 1 aliphatic rings. The highest BCUT2D eigenvalue weighted by Gasteiger charge is 2.28. The van der Waals surface area contributed by atoms with Gasteiger partial charge in [0.25, 0.3) is 0 Å². The van der Waals surface area contributed by atoms with Gasteiger partial charge in [-0.05, 0) is 32.4 Å². The minimum atomic E-state index is -3.01. The van der Waals surface area contributed by atoms with E-state index >= 15 is 0 Å². The Hall–Kier alpha value is -2.49. The van der Waals surface area contributed by atoms with Crippen molar-refractivity contribution in [3.63, 3.8) is 0 Å². The number of anilines is 1. The maximum atomic E-state index is 12.0. The van der Waals surface area contributed by atoms with Crippen molar-refractivity contribution in [3.05, 3.63) is 18.2 Å². The molecule has 0 bridgehead atoms. The van der Waals surface area contributed by atoms with Gasteiger partial charge in [-0.3, -0.25) is 9.79 Å². The Kier molecular flexibility index (Phi) is 8.56. The van der Waals surface area contributed by atoms with Crippen LogP contribution in [0.15, 0.2) is 23.2 Å². The number of carbonyl (C=O) groups excluding carboxylic acids is 1. The van der Waals surface area contributed by atoms with Gasteiger partial charge in [-0.25, -0.2) is 8.42 Å². The van der Waals surface area contributed by atoms with Gasteiger partial charge >= 0.3 is 0 Å². The lowest BCUT2D eigenvalue weighted by Gasteiger charge is -2.14. The van der Waals surface area contributed by atoms with E-state index in [9.17, 15) is 13.2 Å². The second-order valence-corrected chi connectivity index (χ2v) is 8.83. The molecule has 1 fully saturated rings. The molecule has 162 valence electrons. The number of benzene rings is 1. The lowest BCUT2D eigenvalue weighted by molar-refractivity contribution is -0.121. The molecule has 0 saturated carbocycles. The summed E-state index contributed by atoms with van der Waals surface area (Å²) in [5, 5.41) is 9.07. The third-order valence-electron chi connectivity index (χ3n) is 4.28. The first-order chi connectivity index (χ1) is 13.9. The summed E-state index contributed by atoms with van der Waals surface area (Å²) in [5.41, 5.74) is 0.773. The summed E-state index contributed by atoms with van der Waals surface area (Å²) in [6, 6.07) is 5.18. The van der Waals surface area contributed by atoms with Crippen molar-refractivity contribution >= 4 is 27.4 Å². The van der Waals surface area contributed by atoms with Crippen molar-refractivity contribution in [2.24, 2.45) is 4.99 Å². The summed E-state index contributed by atoms with van der Waals surface area (Å²) < 4.78 is 33.8. The Morgan fingerprint density at radius 3 is 2.69 bits per heavy atom. The van der Waals surface area contributed by atoms with E-state index in [1.165, 1.54) is 0 Å². The molecule has 1 saturated heterocycles. The molecule has 3 N–H and O–H groups in total. The molecule has 1 aromatic rings. The van der Waals surface area contributed by atoms with Crippen LogP contribution >= 0.6 is 0 Å². The third-order valence-corrected chi connectivity index (χ3v) is 6.04. The molecule has 1 aliphatic heterocycles. The molecule has 10 heteroatoms. The largest absolute Gasteiger partial charge is 0.493 e. The molecule has 9 nitrogen and oxygen atoms in total. The van der Waals surface area contributed by atoms with Crippen molar-refractivity contribution in [1.29, 1.82) is 0 Å². The number of hydrogen-bond donors (Lipinski definition) is 3. The lowest BCUT2D eigenvalue weighted by Crippen LogP contribution is -2.36. The fourth-order valence-corrected chi connectivity index (χ4v) is 4.62. The number of hydrogen-bond acceptors (Lipinski definition) is 6. The molecule has 29 heavy (non-hydrogen) atoms. The molecule has 0 spiro atoms. The van der Waals surface area contributed by atoms with Gasteiger partial charge in [-0.1, -0.05) is 0 Å². The van der Waals surface area contributed by atoms with Crippen LogP contribution in [0.1, 0.15) is 26.7 Å². The zero-order chi connectivity index (χ0) is 21.3. The molecule has 0 radical (unpaired) electrons. The number of rotatable bonds is 9. The topological polar surface area (TPSA) is 118 Å². The summed E-state index contributed by atoms with van der Waals surface area (Å²) in [5.74, 6) is 1.76. The van der Waals surface area contributed by atoms with Crippen LogP contribution in [-0.4, -0.2) is 64.6 Å². The minimum absolute atomic E-state index is 0.0197. The Bertz CT molecular complexity index is 826. The highest BCUT2D eigenvalue weighted by molar-refractivity contribution is 7.91. The smallest absolute Gasteiger partial charge is 0.222 e. The summed E-state index contributed by atoms with van der Waals surface area (Å²) in [4.78, 5) is 16.5. The van der Waals surface area contributed by atoms with E-state index in [0.29, 0.717) is 37.0 Å².